The molecule has 27 heteroatoms. The monoisotopic (exact) mass is 1110 g/mol. The Labute approximate surface area is 443 Å². The number of aliphatic hydroxyl groups is 1. The number of hydrogen-bond acceptors (Lipinski definition) is 16. The molecule has 0 aliphatic carbocycles. The Bertz CT molecular complexity index is 2750. The fraction of sp³-hybridized carbons (Fsp3) is 0.529. The molecule has 6 N–H and O–H groups in total. The Morgan fingerprint density at radius 1 is 0.846 bits per heavy atom. The predicted molar refractivity (Wildman–Crippen MR) is 262 cm³/mol. The maximum atomic E-state index is 15.9. The first kappa shape index (κ1) is 60.2. The van der Waals surface area contributed by atoms with Crippen molar-refractivity contribution in [3.05, 3.63) is 88.2 Å². The van der Waals surface area contributed by atoms with Gasteiger partial charge in [-0.2, -0.15) is 26.3 Å². The van der Waals surface area contributed by atoms with Crippen LogP contribution in [0.4, 0.5) is 45.9 Å². The fourth-order valence-electron chi connectivity index (χ4n) is 9.07. The molecule has 0 saturated carbocycles. The molecule has 0 unspecified atom stereocenters. The number of halogens is 8. The molecule has 4 heterocycles. The summed E-state index contributed by atoms with van der Waals surface area (Å²) in [5.74, 6) is -4.31. The number of nitrogens with one attached hydrogen (secondary N) is 5. The lowest BCUT2D eigenvalue weighted by Crippen LogP contribution is -2.62. The molecule has 3 aliphatic heterocycles. The number of alkyl carbamates (subject to hydrolysis) is 1. The Hall–Kier alpha value is -7.02. The molecule has 3 amide bonds. The Balaban J connectivity index is 1.31. The summed E-state index contributed by atoms with van der Waals surface area (Å²) in [6.45, 7) is 4.54. The van der Waals surface area contributed by atoms with Crippen LogP contribution < -0.4 is 21.0 Å². The van der Waals surface area contributed by atoms with Crippen LogP contribution in [0.1, 0.15) is 75.3 Å². The second-order valence-electron chi connectivity index (χ2n) is 20.3. The Kier molecular flexibility index (Phi) is 18.8. The second-order valence-corrected chi connectivity index (χ2v) is 20.3. The van der Waals surface area contributed by atoms with Crippen LogP contribution in [-0.4, -0.2) is 156 Å². The van der Waals surface area contributed by atoms with Crippen LogP contribution in [0.2, 0.25) is 0 Å². The number of carbonyl (C=O) groups is 4. The number of rotatable bonds is 19. The van der Waals surface area contributed by atoms with Gasteiger partial charge in [0.1, 0.15) is 17.7 Å². The van der Waals surface area contributed by atoms with E-state index >= 15 is 8.78 Å². The van der Waals surface area contributed by atoms with E-state index in [1.807, 2.05) is 5.32 Å². The van der Waals surface area contributed by atoms with Crippen LogP contribution in [0.5, 0.6) is 0 Å². The number of nitrogens with zero attached hydrogens (tertiary/aromatic N) is 5. The number of likely N-dealkylation sites (tertiary alicyclic amines) is 1. The van der Waals surface area contributed by atoms with E-state index in [0.29, 0.717) is 74.0 Å². The Morgan fingerprint density at radius 2 is 1.45 bits per heavy atom. The van der Waals surface area contributed by atoms with Crippen LogP contribution in [0.25, 0.3) is 0 Å². The van der Waals surface area contributed by atoms with Gasteiger partial charge in [-0.1, -0.05) is 37.8 Å². The molecule has 1 aromatic heterocycles. The highest BCUT2D eigenvalue weighted by atomic mass is 19.4. The number of hydrazine groups is 1. The molecule has 19 nitrogen and oxygen atoms in total. The number of carbonyl (C=O) groups excluding carboxylic acids is 4. The van der Waals surface area contributed by atoms with Crippen molar-refractivity contribution in [3.8, 4) is 11.8 Å². The van der Waals surface area contributed by atoms with Gasteiger partial charge in [0.25, 0.3) is 0 Å². The Morgan fingerprint density at radius 3 is 1.96 bits per heavy atom. The van der Waals surface area contributed by atoms with Crippen molar-refractivity contribution in [1.29, 1.82) is 10.8 Å². The quantitative estimate of drug-likeness (QED) is 0.0227. The van der Waals surface area contributed by atoms with E-state index in [1.165, 1.54) is 24.3 Å². The van der Waals surface area contributed by atoms with E-state index in [0.717, 1.165) is 53.9 Å². The summed E-state index contributed by atoms with van der Waals surface area (Å²) in [5, 5.41) is 32.2. The highest BCUT2D eigenvalue weighted by Gasteiger charge is 2.57. The molecule has 6 rings (SSSR count). The first-order valence-corrected chi connectivity index (χ1v) is 24.4. The van der Waals surface area contributed by atoms with Crippen LogP contribution >= 0.6 is 0 Å². The number of hydrogen-bond donors (Lipinski definition) is 6. The van der Waals surface area contributed by atoms with Crippen molar-refractivity contribution in [2.24, 2.45) is 16.7 Å². The molecule has 78 heavy (non-hydrogen) atoms. The molecule has 3 aromatic rings. The molecular weight excluding hydrogens is 1050 g/mol. The van der Waals surface area contributed by atoms with Crippen molar-refractivity contribution in [2.45, 2.75) is 109 Å². The van der Waals surface area contributed by atoms with Crippen LogP contribution in [-0.2, 0) is 46.3 Å². The number of piperazine rings is 1. The standard InChI is InChI=1S/C51H60F8N10O9/c1-27(60)78-43(61)31-15-37(52)35(38(53)16-31)23-67(66-44(72)36(18-41(71)75-6)48(2,3)50(54,55)56)24-40(70)39(64-45(73)42(65-47(74)76-7)49(4,5)51(57,58)59)14-29-11-8-28(9-12-29)10-13-30-19-62-46(63-20-30)69-22-32-17-33(69)21-68(32)34-25-77-26-34/h8-9,11-12,15-16,19-20,32-34,36,39-40,42,60-61,70H,14,17-18,21-26H2,1-7H3,(H,64,73)(H,65,74)(H,66,72)/t32-,33-,36-,39+,40+,42-/m1/s1. The number of benzene rings is 2. The fourth-order valence-corrected chi connectivity index (χ4v) is 9.07. The number of aliphatic hydroxyl groups excluding tert-OH is 1. The molecule has 3 aliphatic rings. The number of alkyl halides is 6. The molecule has 3 fully saturated rings. The van der Waals surface area contributed by atoms with Gasteiger partial charge >= 0.3 is 24.4 Å². The maximum absolute atomic E-state index is 15.9. The lowest BCUT2D eigenvalue weighted by molar-refractivity contribution is -0.231. The van der Waals surface area contributed by atoms with Gasteiger partial charge in [-0.15, -0.1) is 0 Å². The maximum Gasteiger partial charge on any atom is 0.407 e. The van der Waals surface area contributed by atoms with E-state index < -0.39 is 132 Å². The number of aromatic nitrogens is 2. The van der Waals surface area contributed by atoms with Crippen LogP contribution in [0, 0.1) is 51.0 Å². The molecule has 424 valence electrons. The van der Waals surface area contributed by atoms with Gasteiger partial charge in [-0.25, -0.2) is 28.6 Å². The molecular formula is C51H60F8N10O9. The van der Waals surface area contributed by atoms with E-state index in [4.69, 9.17) is 20.3 Å². The van der Waals surface area contributed by atoms with Gasteiger partial charge in [0.05, 0.1) is 74.4 Å². The molecule has 0 spiro atoms. The van der Waals surface area contributed by atoms with Gasteiger partial charge < -0.3 is 39.6 Å². The summed E-state index contributed by atoms with van der Waals surface area (Å²) in [6, 6.07) is 4.21. The predicted octanol–water partition coefficient (Wildman–Crippen LogP) is 5.16. The van der Waals surface area contributed by atoms with Crippen LogP contribution in [0.15, 0.2) is 48.8 Å². The summed E-state index contributed by atoms with van der Waals surface area (Å²) < 4.78 is 138. The van der Waals surface area contributed by atoms with Gasteiger partial charge in [0, 0.05) is 74.3 Å². The van der Waals surface area contributed by atoms with E-state index in [2.05, 4.69) is 51.8 Å². The first-order chi connectivity index (χ1) is 36.4. The smallest absolute Gasteiger partial charge is 0.407 e. The number of fused-ring (bicyclic) bond motifs is 2. The zero-order chi connectivity index (χ0) is 57.7. The largest absolute Gasteiger partial charge is 0.469 e. The number of anilines is 1. The van der Waals surface area contributed by atoms with Crippen molar-refractivity contribution in [2.75, 3.05) is 52.0 Å². The number of esters is 1. The minimum absolute atomic E-state index is 0.279. The summed E-state index contributed by atoms with van der Waals surface area (Å²) in [6.07, 6.45) is -11.3. The molecule has 6 atom stereocenters. The first-order valence-electron chi connectivity index (χ1n) is 24.4. The molecule has 0 radical (unpaired) electrons. The highest BCUT2D eigenvalue weighted by molar-refractivity contribution is 5.98. The van der Waals surface area contributed by atoms with E-state index in [-0.39, 0.29) is 11.6 Å². The number of methoxy groups -OCH3 is 2. The zero-order valence-corrected chi connectivity index (χ0v) is 43.5. The third-order valence-corrected chi connectivity index (χ3v) is 14.2. The van der Waals surface area contributed by atoms with Gasteiger partial charge in [0.15, 0.2) is 5.90 Å². The van der Waals surface area contributed by atoms with Crippen LogP contribution in [0.3, 0.4) is 0 Å². The lowest BCUT2D eigenvalue weighted by Gasteiger charge is -2.42. The zero-order valence-electron chi connectivity index (χ0n) is 43.5. The molecule has 2 aromatic carbocycles. The van der Waals surface area contributed by atoms with Gasteiger partial charge in [-0.05, 0) is 56.5 Å². The summed E-state index contributed by atoms with van der Waals surface area (Å²) in [5.41, 5.74) is -4.11. The summed E-state index contributed by atoms with van der Waals surface area (Å²) in [4.78, 5) is 66.6. The molecule has 2 bridgehead atoms. The number of ether oxygens (including phenoxy) is 4. The highest BCUT2D eigenvalue weighted by Crippen LogP contribution is 2.45. The third kappa shape index (κ3) is 14.2. The lowest BCUT2D eigenvalue weighted by atomic mass is 9.75. The summed E-state index contributed by atoms with van der Waals surface area (Å²) >= 11 is 0. The van der Waals surface area contributed by atoms with E-state index in [9.17, 15) is 50.6 Å². The topological polar surface area (TPSA) is 245 Å². The van der Waals surface area contributed by atoms with Gasteiger partial charge in [0.2, 0.25) is 23.7 Å². The second kappa shape index (κ2) is 24.3. The number of amides is 3. The average Bonchev–Trinajstić information content (AvgIpc) is 4.07. The molecule has 3 saturated heterocycles. The van der Waals surface area contributed by atoms with Crippen molar-refractivity contribution in [1.82, 2.24) is 35.9 Å². The van der Waals surface area contributed by atoms with Crippen molar-refractivity contribution >= 4 is 41.6 Å². The summed E-state index contributed by atoms with van der Waals surface area (Å²) in [7, 11) is 1.68. The van der Waals surface area contributed by atoms with Crippen molar-refractivity contribution in [3.63, 3.8) is 0 Å². The van der Waals surface area contributed by atoms with Crippen molar-refractivity contribution < 1.29 is 78.4 Å². The SMILES string of the molecule is COC(=O)C[C@H](C(=O)NN(Cc1c(F)cc(C(=N)OC(C)=N)cc1F)C[C@H](O)[C@H](Cc1ccc(C#Cc2cnc(N3C[C@H]4C[C@@H]3CN4C3COC3)nc2)cc1)NC(=O)[C@@H](NC(=O)OC)C(C)(C)C(F)(F)F)C(C)(C)C(F)(F)F. The van der Waals surface area contributed by atoms with E-state index in [1.54, 1.807) is 12.4 Å². The minimum atomic E-state index is -5.16. The minimum Gasteiger partial charge on any atom is -0.469 e. The van der Waals surface area contributed by atoms with Gasteiger partial charge in [-0.3, -0.25) is 35.5 Å². The third-order valence-electron chi connectivity index (χ3n) is 14.2. The normalized spacial score (nSPS) is 18.4. The average molecular weight is 1110 g/mol.